The second-order valence-electron chi connectivity index (χ2n) is 4.36. The van der Waals surface area contributed by atoms with Gasteiger partial charge in [0.1, 0.15) is 6.10 Å². The highest BCUT2D eigenvalue weighted by atomic mass is 32.2. The summed E-state index contributed by atoms with van der Waals surface area (Å²) in [6.07, 6.45) is 3.07. The van der Waals surface area contributed by atoms with Crippen LogP contribution in [-0.2, 0) is 20.7 Å². The molecule has 0 amide bonds. The molecule has 96 valence electrons. The molecule has 0 bridgehead atoms. The first kappa shape index (κ1) is 14.1. The minimum absolute atomic E-state index is 0.0687. The summed E-state index contributed by atoms with van der Waals surface area (Å²) in [5.41, 5.74) is 1.74. The van der Waals surface area contributed by atoms with Gasteiger partial charge in [0.05, 0.1) is 6.26 Å². The number of hydrogen-bond donors (Lipinski definition) is 0. The lowest BCUT2D eigenvalue weighted by atomic mass is 9.97. The Bertz CT molecular complexity index is 468. The number of rotatable bonds is 5. The van der Waals surface area contributed by atoms with Crippen LogP contribution in [0.4, 0.5) is 0 Å². The van der Waals surface area contributed by atoms with Crippen LogP contribution in [0.1, 0.15) is 38.1 Å². The Kier molecular flexibility index (Phi) is 4.65. The van der Waals surface area contributed by atoms with E-state index in [1.807, 2.05) is 26.8 Å². The largest absolute Gasteiger partial charge is 0.264 e. The molecule has 1 heterocycles. The van der Waals surface area contributed by atoms with Crippen LogP contribution in [0.5, 0.6) is 0 Å². The van der Waals surface area contributed by atoms with Gasteiger partial charge >= 0.3 is 0 Å². The third-order valence-corrected chi connectivity index (χ3v) is 3.01. The van der Waals surface area contributed by atoms with Gasteiger partial charge in [-0.1, -0.05) is 26.8 Å². The second-order valence-corrected chi connectivity index (χ2v) is 5.96. The van der Waals surface area contributed by atoms with E-state index in [9.17, 15) is 8.42 Å². The van der Waals surface area contributed by atoms with Crippen LogP contribution >= 0.6 is 0 Å². The molecule has 0 aliphatic rings. The fourth-order valence-electron chi connectivity index (χ4n) is 1.72. The van der Waals surface area contributed by atoms with E-state index >= 15 is 0 Å². The number of hydrogen-bond acceptors (Lipinski definition) is 4. The normalized spacial score (nSPS) is 13.9. The monoisotopic (exact) mass is 257 g/mol. The van der Waals surface area contributed by atoms with Crippen molar-refractivity contribution in [2.24, 2.45) is 5.92 Å². The molecule has 0 spiro atoms. The summed E-state index contributed by atoms with van der Waals surface area (Å²) in [6.45, 7) is 5.86. The zero-order chi connectivity index (χ0) is 13.1. The van der Waals surface area contributed by atoms with Crippen molar-refractivity contribution in [1.82, 2.24) is 4.98 Å². The van der Waals surface area contributed by atoms with Crippen LogP contribution < -0.4 is 0 Å². The summed E-state index contributed by atoms with van der Waals surface area (Å²) >= 11 is 0. The summed E-state index contributed by atoms with van der Waals surface area (Å²) in [5.74, 6) is 0.0687. The molecule has 0 aromatic carbocycles. The molecule has 1 aromatic rings. The van der Waals surface area contributed by atoms with Crippen molar-refractivity contribution in [3.05, 3.63) is 29.6 Å². The van der Waals surface area contributed by atoms with Gasteiger partial charge in [-0.25, -0.2) is 0 Å². The van der Waals surface area contributed by atoms with Gasteiger partial charge in [-0.15, -0.1) is 0 Å². The van der Waals surface area contributed by atoms with Crippen molar-refractivity contribution in [2.45, 2.75) is 33.3 Å². The van der Waals surface area contributed by atoms with Gasteiger partial charge in [0, 0.05) is 17.5 Å². The predicted octanol–water partition coefficient (Wildman–Crippen LogP) is 2.32. The van der Waals surface area contributed by atoms with Crippen LogP contribution in [0.3, 0.4) is 0 Å². The fourth-order valence-corrected chi connectivity index (χ4v) is 2.42. The highest BCUT2D eigenvalue weighted by molar-refractivity contribution is 7.86. The highest BCUT2D eigenvalue weighted by Crippen LogP contribution is 2.29. The highest BCUT2D eigenvalue weighted by Gasteiger charge is 2.23. The van der Waals surface area contributed by atoms with Gasteiger partial charge in [-0.2, -0.15) is 8.42 Å². The van der Waals surface area contributed by atoms with E-state index < -0.39 is 16.2 Å². The molecule has 0 aliphatic carbocycles. The Balaban J connectivity index is 3.14. The molecule has 0 aliphatic heterocycles. The molecule has 17 heavy (non-hydrogen) atoms. The number of pyridine rings is 1. The van der Waals surface area contributed by atoms with E-state index in [0.717, 1.165) is 23.9 Å². The Morgan fingerprint density at radius 3 is 2.53 bits per heavy atom. The van der Waals surface area contributed by atoms with Gasteiger partial charge < -0.3 is 0 Å². The van der Waals surface area contributed by atoms with Gasteiger partial charge in [0.2, 0.25) is 0 Å². The van der Waals surface area contributed by atoms with E-state index in [1.165, 1.54) is 0 Å². The van der Waals surface area contributed by atoms with Crippen molar-refractivity contribution < 1.29 is 12.6 Å². The minimum Gasteiger partial charge on any atom is -0.262 e. The molecular formula is C12H19NO3S. The molecule has 1 atom stereocenters. The van der Waals surface area contributed by atoms with Gasteiger partial charge in [-0.05, 0) is 18.4 Å². The lowest BCUT2D eigenvalue weighted by molar-refractivity contribution is 0.161. The third kappa shape index (κ3) is 4.09. The maximum atomic E-state index is 11.3. The van der Waals surface area contributed by atoms with E-state index in [4.69, 9.17) is 4.18 Å². The van der Waals surface area contributed by atoms with E-state index in [-0.39, 0.29) is 5.92 Å². The number of aromatic nitrogens is 1. The van der Waals surface area contributed by atoms with Crippen LogP contribution in [0.15, 0.2) is 18.3 Å². The number of aryl methyl sites for hydroxylation is 1. The molecule has 4 nitrogen and oxygen atoms in total. The summed E-state index contributed by atoms with van der Waals surface area (Å²) in [4.78, 5) is 4.26. The van der Waals surface area contributed by atoms with Crippen molar-refractivity contribution >= 4 is 10.1 Å². The summed E-state index contributed by atoms with van der Waals surface area (Å²) < 4.78 is 27.7. The molecule has 0 N–H and O–H groups in total. The Hall–Kier alpha value is -0.940. The standard InChI is InChI=1S/C12H19NO3S/c1-5-11-10(7-6-8-13-11)12(9(2)3)16-17(4,14)15/h6-9,12H,5H2,1-4H3. The molecule has 1 unspecified atom stereocenters. The van der Waals surface area contributed by atoms with Crippen LogP contribution in [-0.4, -0.2) is 19.7 Å². The molecular weight excluding hydrogens is 238 g/mol. The first-order valence-electron chi connectivity index (χ1n) is 5.67. The molecule has 1 rings (SSSR count). The predicted molar refractivity (Wildman–Crippen MR) is 67.1 cm³/mol. The van der Waals surface area contributed by atoms with Crippen molar-refractivity contribution in [1.29, 1.82) is 0 Å². The quantitative estimate of drug-likeness (QED) is 0.760. The summed E-state index contributed by atoms with van der Waals surface area (Å²) in [5, 5.41) is 0. The molecule has 0 radical (unpaired) electrons. The van der Waals surface area contributed by atoms with Crippen molar-refractivity contribution in [3.8, 4) is 0 Å². The van der Waals surface area contributed by atoms with Crippen LogP contribution in [0.2, 0.25) is 0 Å². The second kappa shape index (κ2) is 5.60. The summed E-state index contributed by atoms with van der Waals surface area (Å²) in [7, 11) is -3.47. The smallest absolute Gasteiger partial charge is 0.262 e. The molecule has 0 saturated carbocycles. The molecule has 5 heteroatoms. The maximum absolute atomic E-state index is 11.3. The molecule has 1 aromatic heterocycles. The van der Waals surface area contributed by atoms with Crippen molar-refractivity contribution in [2.75, 3.05) is 6.26 Å². The van der Waals surface area contributed by atoms with E-state index in [2.05, 4.69) is 4.98 Å². The Labute approximate surface area is 103 Å². The van der Waals surface area contributed by atoms with Gasteiger partial charge in [0.15, 0.2) is 0 Å². The lowest BCUT2D eigenvalue weighted by Crippen LogP contribution is -2.17. The van der Waals surface area contributed by atoms with Crippen LogP contribution in [0, 0.1) is 5.92 Å². The third-order valence-electron chi connectivity index (χ3n) is 2.45. The van der Waals surface area contributed by atoms with Gasteiger partial charge in [0.25, 0.3) is 10.1 Å². The SMILES string of the molecule is CCc1ncccc1C(OS(C)(=O)=O)C(C)C. The number of nitrogens with zero attached hydrogens (tertiary/aromatic N) is 1. The first-order chi connectivity index (χ1) is 7.85. The van der Waals surface area contributed by atoms with Crippen molar-refractivity contribution in [3.63, 3.8) is 0 Å². The molecule has 0 saturated heterocycles. The zero-order valence-electron chi connectivity index (χ0n) is 10.7. The first-order valence-corrected chi connectivity index (χ1v) is 7.48. The molecule has 0 fully saturated rings. The van der Waals surface area contributed by atoms with Crippen LogP contribution in [0.25, 0.3) is 0 Å². The fraction of sp³-hybridized carbons (Fsp3) is 0.583. The minimum atomic E-state index is -3.47. The van der Waals surface area contributed by atoms with E-state index in [0.29, 0.717) is 0 Å². The zero-order valence-corrected chi connectivity index (χ0v) is 11.5. The topological polar surface area (TPSA) is 56.3 Å². The lowest BCUT2D eigenvalue weighted by Gasteiger charge is -2.22. The Morgan fingerprint density at radius 1 is 1.41 bits per heavy atom. The van der Waals surface area contributed by atoms with E-state index in [1.54, 1.807) is 12.3 Å². The Morgan fingerprint density at radius 2 is 2.06 bits per heavy atom. The maximum Gasteiger partial charge on any atom is 0.264 e. The van der Waals surface area contributed by atoms with Gasteiger partial charge in [-0.3, -0.25) is 9.17 Å². The summed E-state index contributed by atoms with van der Waals surface area (Å²) in [6, 6.07) is 3.68. The average Bonchev–Trinajstić information content (AvgIpc) is 2.24. The average molecular weight is 257 g/mol.